The minimum Gasteiger partial charge on any atom is -0.122 e. The second-order valence-electron chi connectivity index (χ2n) is 0.832. The number of hydrogen-bond acceptors (Lipinski definition) is 1. The molecule has 0 N–H and O–H groups in total. The van der Waals surface area contributed by atoms with Gasteiger partial charge in [-0.1, -0.05) is 0 Å². The fourth-order valence-corrected chi connectivity index (χ4v) is 0.248. The maximum atomic E-state index is 3.72. The van der Waals surface area contributed by atoms with E-state index in [-0.39, 0.29) is 0 Å². The van der Waals surface area contributed by atoms with Gasteiger partial charge in [0.15, 0.2) is 6.21 Å². The zero-order valence-corrected chi connectivity index (χ0v) is 2.76. The molecule has 0 unspecified atom stereocenters. The summed E-state index contributed by atoms with van der Waals surface area (Å²) in [5, 5.41) is 0. The van der Waals surface area contributed by atoms with Crippen LogP contribution in [0.2, 0.25) is 0 Å². The van der Waals surface area contributed by atoms with Crippen molar-refractivity contribution in [3.63, 3.8) is 0 Å². The molecular weight excluding hydrogens is 62.1 g/mol. The molecule has 5 heavy (non-hydrogen) atoms. The summed E-state index contributed by atoms with van der Waals surface area (Å²) in [5.74, 6) is 0. The highest BCUT2D eigenvalue weighted by molar-refractivity contribution is 5.74. The van der Waals surface area contributed by atoms with Gasteiger partial charge in [-0.05, 0) is 0 Å². The van der Waals surface area contributed by atoms with Crippen molar-refractivity contribution >= 4 is 6.21 Å². The Morgan fingerprint density at radius 3 is 2.80 bits per heavy atom. The van der Waals surface area contributed by atoms with Gasteiger partial charge in [0.25, 0.3) is 0 Å². The smallest absolute Gasteiger partial charge is 0.122 e. The van der Waals surface area contributed by atoms with Gasteiger partial charge in [-0.25, -0.2) is 0 Å². The zero-order chi connectivity index (χ0) is 3.54. The highest BCUT2D eigenvalue weighted by Crippen LogP contribution is 1.86. The normalized spacial score (nSPS) is 16.0. The summed E-state index contributed by atoms with van der Waals surface area (Å²) in [6.45, 7) is 1.75. The highest BCUT2D eigenvalue weighted by Gasteiger charge is 1.85. The summed E-state index contributed by atoms with van der Waals surface area (Å²) < 4.78 is 0. The lowest BCUT2D eigenvalue weighted by Crippen LogP contribution is -1.44. The molecule has 0 saturated heterocycles. The Kier molecular flexibility index (Phi) is 0.468. The quantitative estimate of drug-likeness (QED) is 0.371. The van der Waals surface area contributed by atoms with Crippen LogP contribution in [0.15, 0.2) is 17.1 Å². The van der Waals surface area contributed by atoms with E-state index in [1.807, 2.05) is 12.2 Å². The molecule has 0 radical (unpaired) electrons. The lowest BCUT2D eigenvalue weighted by atomic mass is 10.6. The first-order chi connectivity index (χ1) is 2.50. The van der Waals surface area contributed by atoms with Crippen LogP contribution < -0.4 is 0 Å². The maximum absolute atomic E-state index is 3.72. The lowest BCUT2D eigenvalue weighted by molar-refractivity contribution is 1.49. The van der Waals surface area contributed by atoms with Crippen LogP contribution in [0.4, 0.5) is 0 Å². The van der Waals surface area contributed by atoms with Crippen molar-refractivity contribution in [2.75, 3.05) is 0 Å². The van der Waals surface area contributed by atoms with E-state index in [9.17, 15) is 0 Å². The van der Waals surface area contributed by atoms with Crippen LogP contribution in [-0.2, 0) is 0 Å². The molecule has 0 aromatic heterocycles. The average molecular weight is 66.1 g/mol. The number of hydrogen-bond donors (Lipinski definition) is 0. The molecule has 1 nitrogen and oxygen atoms in total. The molecule has 0 bridgehead atoms. The van der Waals surface area contributed by atoms with Crippen LogP contribution in [-0.4, -0.2) is 6.21 Å². The van der Waals surface area contributed by atoms with Crippen molar-refractivity contribution in [2.24, 2.45) is 4.99 Å². The van der Waals surface area contributed by atoms with Gasteiger partial charge in [0.05, 0.1) is 6.08 Å². The number of nitrogens with zero attached hydrogens (tertiary/aromatic N) is 1. The summed E-state index contributed by atoms with van der Waals surface area (Å²) in [7, 11) is 0. The minimum absolute atomic E-state index is 1.75. The first kappa shape index (κ1) is 2.51. The molecule has 0 spiro atoms. The lowest BCUT2D eigenvalue weighted by Gasteiger charge is -1.47. The Balaban J connectivity index is 2.61. The maximum Gasteiger partial charge on any atom is 0.173 e. The molecular formula is C4H4N+. The number of allylic oxidation sites excluding steroid dienone is 1. The highest BCUT2D eigenvalue weighted by atomic mass is 14.7. The Morgan fingerprint density at radius 1 is 1.60 bits per heavy atom. The Labute approximate surface area is 31.0 Å². The zero-order valence-electron chi connectivity index (χ0n) is 2.76. The standard InChI is InChI=1S/C4H4N/c1-2-4-5-3-1/h1-4H/q+1. The molecule has 24 valence electrons. The molecule has 0 atom stereocenters. The van der Waals surface area contributed by atoms with Crippen molar-refractivity contribution in [3.8, 4) is 0 Å². The topological polar surface area (TPSA) is 12.4 Å². The van der Waals surface area contributed by atoms with E-state index in [4.69, 9.17) is 0 Å². The second-order valence-corrected chi connectivity index (χ2v) is 0.832. The summed E-state index contributed by atoms with van der Waals surface area (Å²) in [5.41, 5.74) is 0. The largest absolute Gasteiger partial charge is 0.173 e. The summed E-state index contributed by atoms with van der Waals surface area (Å²) in [6, 6.07) is 0. The molecule has 0 aromatic carbocycles. The van der Waals surface area contributed by atoms with Gasteiger partial charge in [0.2, 0.25) is 0 Å². The predicted molar refractivity (Wildman–Crippen MR) is 21.9 cm³/mol. The molecule has 1 heteroatoms. The van der Waals surface area contributed by atoms with Crippen LogP contribution in [0, 0.1) is 6.54 Å². The van der Waals surface area contributed by atoms with Gasteiger partial charge in [0.1, 0.15) is 12.6 Å². The second kappa shape index (κ2) is 0.931. The van der Waals surface area contributed by atoms with Crippen LogP contribution in [0.5, 0.6) is 0 Å². The third-order valence-electron chi connectivity index (χ3n) is 0.455. The van der Waals surface area contributed by atoms with E-state index in [2.05, 4.69) is 4.99 Å². The molecule has 0 amide bonds. The molecule has 0 fully saturated rings. The van der Waals surface area contributed by atoms with Gasteiger partial charge in [0, 0.05) is 0 Å². The molecule has 0 aliphatic carbocycles. The van der Waals surface area contributed by atoms with E-state index in [1.54, 1.807) is 12.8 Å². The predicted octanol–water partition coefficient (Wildman–Crippen LogP) is 0.789. The van der Waals surface area contributed by atoms with Gasteiger partial charge in [-0.15, -0.1) is 4.99 Å². The Morgan fingerprint density at radius 2 is 2.60 bits per heavy atom. The number of aliphatic imine (C=N–C) groups is 1. The van der Waals surface area contributed by atoms with Crippen LogP contribution in [0.1, 0.15) is 0 Å². The average Bonchev–Trinajstić information content (AvgIpc) is 1.76. The van der Waals surface area contributed by atoms with Crippen molar-refractivity contribution in [2.45, 2.75) is 0 Å². The van der Waals surface area contributed by atoms with E-state index >= 15 is 0 Å². The van der Waals surface area contributed by atoms with Gasteiger partial charge >= 0.3 is 0 Å². The molecule has 1 aliphatic heterocycles. The van der Waals surface area contributed by atoms with E-state index in [0.717, 1.165) is 0 Å². The van der Waals surface area contributed by atoms with Gasteiger partial charge in [-0.2, -0.15) is 0 Å². The summed E-state index contributed by atoms with van der Waals surface area (Å²) in [4.78, 5) is 3.72. The third kappa shape index (κ3) is 0.293. The summed E-state index contributed by atoms with van der Waals surface area (Å²) >= 11 is 0. The van der Waals surface area contributed by atoms with Gasteiger partial charge in [-0.3, -0.25) is 0 Å². The van der Waals surface area contributed by atoms with Crippen LogP contribution in [0.25, 0.3) is 0 Å². The molecule has 0 saturated carbocycles. The first-order valence-corrected chi connectivity index (χ1v) is 1.52. The monoisotopic (exact) mass is 66.0 g/mol. The van der Waals surface area contributed by atoms with Crippen LogP contribution >= 0.6 is 0 Å². The third-order valence-corrected chi connectivity index (χ3v) is 0.455. The SMILES string of the molecule is C1=C[CH+]N=C1. The Hall–Kier alpha value is -0.720. The van der Waals surface area contributed by atoms with Crippen molar-refractivity contribution < 1.29 is 0 Å². The first-order valence-electron chi connectivity index (χ1n) is 1.52. The molecule has 0 aromatic rings. The molecule has 1 heterocycles. The minimum atomic E-state index is 1.75. The molecule has 1 aliphatic rings. The molecule has 1 rings (SSSR count). The van der Waals surface area contributed by atoms with E-state index < -0.39 is 0 Å². The van der Waals surface area contributed by atoms with Crippen LogP contribution in [0.3, 0.4) is 0 Å². The Bertz CT molecular complexity index is 61.7. The van der Waals surface area contributed by atoms with E-state index in [0.29, 0.717) is 0 Å². The van der Waals surface area contributed by atoms with Gasteiger partial charge < -0.3 is 0 Å². The van der Waals surface area contributed by atoms with E-state index in [1.165, 1.54) is 0 Å². The summed E-state index contributed by atoms with van der Waals surface area (Å²) in [6.07, 6.45) is 5.53. The fourth-order valence-electron chi connectivity index (χ4n) is 0.248. The van der Waals surface area contributed by atoms with Crippen molar-refractivity contribution in [1.29, 1.82) is 0 Å². The fraction of sp³-hybridized carbons (Fsp3) is 0. The van der Waals surface area contributed by atoms with Crippen molar-refractivity contribution in [1.82, 2.24) is 0 Å². The van der Waals surface area contributed by atoms with Crippen molar-refractivity contribution in [3.05, 3.63) is 18.7 Å². The number of rotatable bonds is 0.